The highest BCUT2D eigenvalue weighted by Gasteiger charge is 2.40. The lowest BCUT2D eigenvalue weighted by Crippen LogP contribution is -2.54. The molecule has 0 saturated heterocycles. The topological polar surface area (TPSA) is 15.3 Å². The third-order valence-corrected chi connectivity index (χ3v) is 4.62. The summed E-state index contributed by atoms with van der Waals surface area (Å²) in [6.45, 7) is 0.532. The largest absolute Gasteiger partial charge is 0.418 e. The number of benzene rings is 1. The van der Waals surface area contributed by atoms with Crippen LogP contribution in [0.4, 0.5) is 18.9 Å². The number of rotatable bonds is 4. The summed E-state index contributed by atoms with van der Waals surface area (Å²) in [7, 11) is 3.96. The smallest absolute Gasteiger partial charge is 0.383 e. The Morgan fingerprint density at radius 2 is 1.95 bits per heavy atom. The van der Waals surface area contributed by atoms with Gasteiger partial charge in [0.15, 0.2) is 0 Å². The molecule has 6 heteroatoms. The van der Waals surface area contributed by atoms with E-state index in [1.54, 1.807) is 6.07 Å². The molecule has 1 aromatic rings. The standard InChI is InChI=1S/C14H18BrF3N2/c1-20(2)13(6-3-7-13)9-19-12-5-4-10(15)8-11(12)14(16,17)18/h4-5,8,19H,3,6-7,9H2,1-2H3. The number of alkyl halides is 3. The molecule has 0 aliphatic heterocycles. The molecule has 1 saturated carbocycles. The first-order chi connectivity index (χ1) is 9.24. The van der Waals surface area contributed by atoms with Crippen LogP contribution in [0.15, 0.2) is 22.7 Å². The predicted octanol–water partition coefficient (Wildman–Crippen LogP) is 4.36. The number of halogens is 4. The van der Waals surface area contributed by atoms with E-state index in [0.29, 0.717) is 11.0 Å². The van der Waals surface area contributed by atoms with Crippen LogP contribution in [0.5, 0.6) is 0 Å². The summed E-state index contributed by atoms with van der Waals surface area (Å²) in [5.41, 5.74) is -0.496. The first-order valence-electron chi connectivity index (χ1n) is 6.53. The summed E-state index contributed by atoms with van der Waals surface area (Å²) in [6.07, 6.45) is -1.18. The molecule has 0 unspecified atom stereocenters. The summed E-state index contributed by atoms with van der Waals surface area (Å²) in [6, 6.07) is 4.22. The Labute approximate surface area is 125 Å². The van der Waals surface area contributed by atoms with Gasteiger partial charge in [-0.1, -0.05) is 15.9 Å². The predicted molar refractivity (Wildman–Crippen MR) is 77.9 cm³/mol. The Balaban J connectivity index is 2.18. The Kier molecular flexibility index (Phi) is 4.35. The quantitative estimate of drug-likeness (QED) is 0.867. The van der Waals surface area contributed by atoms with Gasteiger partial charge in [0.2, 0.25) is 0 Å². The highest BCUT2D eigenvalue weighted by molar-refractivity contribution is 9.10. The van der Waals surface area contributed by atoms with Crippen molar-refractivity contribution < 1.29 is 13.2 Å². The molecule has 112 valence electrons. The van der Waals surface area contributed by atoms with Gasteiger partial charge in [0.1, 0.15) is 0 Å². The van der Waals surface area contributed by atoms with Crippen molar-refractivity contribution in [1.29, 1.82) is 0 Å². The van der Waals surface area contributed by atoms with Gasteiger partial charge in [-0.3, -0.25) is 0 Å². The first-order valence-corrected chi connectivity index (χ1v) is 7.32. The van der Waals surface area contributed by atoms with E-state index in [2.05, 4.69) is 26.1 Å². The molecule has 0 bridgehead atoms. The third-order valence-electron chi connectivity index (χ3n) is 4.13. The van der Waals surface area contributed by atoms with Crippen molar-refractivity contribution in [3.8, 4) is 0 Å². The van der Waals surface area contributed by atoms with E-state index in [0.717, 1.165) is 25.3 Å². The van der Waals surface area contributed by atoms with E-state index in [4.69, 9.17) is 0 Å². The normalized spacial score (nSPS) is 17.9. The second-order valence-corrected chi connectivity index (χ2v) is 6.43. The molecule has 1 aliphatic rings. The molecule has 2 rings (SSSR count). The summed E-state index contributed by atoms with van der Waals surface area (Å²) in [5.74, 6) is 0. The van der Waals surface area contributed by atoms with Gasteiger partial charge in [0.05, 0.1) is 5.56 Å². The number of nitrogens with one attached hydrogen (secondary N) is 1. The molecule has 1 aromatic carbocycles. The molecule has 0 spiro atoms. The van der Waals surface area contributed by atoms with E-state index in [-0.39, 0.29) is 11.2 Å². The molecule has 2 nitrogen and oxygen atoms in total. The SMILES string of the molecule is CN(C)C1(CNc2ccc(Br)cc2C(F)(F)F)CCC1. The lowest BCUT2D eigenvalue weighted by atomic mass is 9.75. The fourth-order valence-corrected chi connectivity index (χ4v) is 2.89. The number of nitrogens with zero attached hydrogens (tertiary/aromatic N) is 1. The van der Waals surface area contributed by atoms with Crippen molar-refractivity contribution in [3.63, 3.8) is 0 Å². The molecule has 0 radical (unpaired) electrons. The van der Waals surface area contributed by atoms with Crippen LogP contribution in [0.3, 0.4) is 0 Å². The molecule has 1 N–H and O–H groups in total. The molecule has 1 aliphatic carbocycles. The lowest BCUT2D eigenvalue weighted by Gasteiger charge is -2.47. The summed E-state index contributed by atoms with van der Waals surface area (Å²) in [5, 5.41) is 2.99. The van der Waals surface area contributed by atoms with E-state index in [9.17, 15) is 13.2 Å². The minimum Gasteiger partial charge on any atom is -0.383 e. The maximum atomic E-state index is 13.0. The van der Waals surface area contributed by atoms with Crippen LogP contribution in [0.2, 0.25) is 0 Å². The molecule has 20 heavy (non-hydrogen) atoms. The molecule has 0 atom stereocenters. The van der Waals surface area contributed by atoms with Gasteiger partial charge in [-0.25, -0.2) is 0 Å². The van der Waals surface area contributed by atoms with Crippen molar-refractivity contribution in [2.75, 3.05) is 26.0 Å². The molecule has 0 amide bonds. The van der Waals surface area contributed by atoms with Gasteiger partial charge in [-0.2, -0.15) is 13.2 Å². The molecule has 1 fully saturated rings. The van der Waals surface area contributed by atoms with Crippen molar-refractivity contribution in [3.05, 3.63) is 28.2 Å². The highest BCUT2D eigenvalue weighted by atomic mass is 79.9. The Bertz CT molecular complexity index is 482. The maximum Gasteiger partial charge on any atom is 0.418 e. The van der Waals surface area contributed by atoms with Gasteiger partial charge in [-0.15, -0.1) is 0 Å². The van der Waals surface area contributed by atoms with Crippen LogP contribution in [-0.4, -0.2) is 31.1 Å². The fraction of sp³-hybridized carbons (Fsp3) is 0.571. The molecular formula is C14H18BrF3N2. The number of hydrogen-bond acceptors (Lipinski definition) is 2. The Morgan fingerprint density at radius 3 is 2.40 bits per heavy atom. The second-order valence-electron chi connectivity index (χ2n) is 5.51. The van der Waals surface area contributed by atoms with E-state index in [1.807, 2.05) is 14.1 Å². The Hall–Kier alpha value is -0.750. The van der Waals surface area contributed by atoms with Crippen LogP contribution < -0.4 is 5.32 Å². The second kappa shape index (κ2) is 5.56. The van der Waals surface area contributed by atoms with Crippen LogP contribution in [-0.2, 0) is 6.18 Å². The number of likely N-dealkylation sites (N-methyl/N-ethyl adjacent to an activating group) is 1. The monoisotopic (exact) mass is 350 g/mol. The Morgan fingerprint density at radius 1 is 1.30 bits per heavy atom. The zero-order valence-electron chi connectivity index (χ0n) is 11.5. The van der Waals surface area contributed by atoms with Gasteiger partial charge in [0.25, 0.3) is 0 Å². The molecule has 0 heterocycles. The summed E-state index contributed by atoms with van der Waals surface area (Å²) < 4.78 is 39.5. The minimum absolute atomic E-state index is 0.0179. The van der Waals surface area contributed by atoms with Crippen molar-refractivity contribution in [2.24, 2.45) is 0 Å². The van der Waals surface area contributed by atoms with Crippen LogP contribution >= 0.6 is 15.9 Å². The number of anilines is 1. The van der Waals surface area contributed by atoms with Crippen LogP contribution in [0, 0.1) is 0 Å². The molecule has 0 aromatic heterocycles. The van der Waals surface area contributed by atoms with Crippen LogP contribution in [0.25, 0.3) is 0 Å². The van der Waals surface area contributed by atoms with E-state index < -0.39 is 11.7 Å². The van der Waals surface area contributed by atoms with E-state index in [1.165, 1.54) is 6.07 Å². The third kappa shape index (κ3) is 3.11. The van der Waals surface area contributed by atoms with E-state index >= 15 is 0 Å². The average Bonchev–Trinajstić information content (AvgIpc) is 2.27. The highest BCUT2D eigenvalue weighted by Crippen LogP contribution is 2.39. The summed E-state index contributed by atoms with van der Waals surface area (Å²) in [4.78, 5) is 2.11. The van der Waals surface area contributed by atoms with Crippen molar-refractivity contribution in [1.82, 2.24) is 4.90 Å². The van der Waals surface area contributed by atoms with Crippen molar-refractivity contribution in [2.45, 2.75) is 31.0 Å². The van der Waals surface area contributed by atoms with Gasteiger partial charge >= 0.3 is 6.18 Å². The fourth-order valence-electron chi connectivity index (χ4n) is 2.53. The lowest BCUT2D eigenvalue weighted by molar-refractivity contribution is -0.137. The minimum atomic E-state index is -4.35. The van der Waals surface area contributed by atoms with Crippen molar-refractivity contribution >= 4 is 21.6 Å². The number of hydrogen-bond donors (Lipinski definition) is 1. The van der Waals surface area contributed by atoms with Gasteiger partial charge in [0, 0.05) is 22.2 Å². The van der Waals surface area contributed by atoms with Crippen LogP contribution in [0.1, 0.15) is 24.8 Å². The van der Waals surface area contributed by atoms with Gasteiger partial charge < -0.3 is 10.2 Å². The zero-order chi connectivity index (χ0) is 15.0. The maximum absolute atomic E-state index is 13.0. The summed E-state index contributed by atoms with van der Waals surface area (Å²) >= 11 is 3.09. The molecular weight excluding hydrogens is 333 g/mol. The first kappa shape index (κ1) is 15.6. The zero-order valence-corrected chi connectivity index (χ0v) is 13.1. The van der Waals surface area contributed by atoms with Gasteiger partial charge in [-0.05, 0) is 51.6 Å². The average molecular weight is 351 g/mol.